The topological polar surface area (TPSA) is 102 Å². The Kier molecular flexibility index (Phi) is 7.67. The lowest BCUT2D eigenvalue weighted by atomic mass is 10.1. The number of ether oxygens (including phenoxy) is 2. The van der Waals surface area contributed by atoms with Crippen LogP contribution in [0.2, 0.25) is 0 Å². The predicted molar refractivity (Wildman–Crippen MR) is 118 cm³/mol. The van der Waals surface area contributed by atoms with Gasteiger partial charge in [-0.15, -0.1) is 0 Å². The van der Waals surface area contributed by atoms with Crippen molar-refractivity contribution in [2.75, 3.05) is 24.6 Å². The van der Waals surface area contributed by atoms with Gasteiger partial charge in [0.05, 0.1) is 10.6 Å². The lowest BCUT2D eigenvalue weighted by Gasteiger charge is -2.20. The summed E-state index contributed by atoms with van der Waals surface area (Å²) < 4.78 is 36.9. The highest BCUT2D eigenvalue weighted by Gasteiger charge is 2.21. The van der Waals surface area contributed by atoms with Gasteiger partial charge < -0.3 is 14.8 Å². The van der Waals surface area contributed by atoms with Crippen molar-refractivity contribution in [1.82, 2.24) is 5.32 Å². The molecule has 0 aliphatic heterocycles. The number of anilines is 1. The second kappa shape index (κ2) is 9.82. The molecule has 0 radical (unpaired) electrons. The van der Waals surface area contributed by atoms with Crippen LogP contribution in [0.15, 0.2) is 53.4 Å². The highest BCUT2D eigenvalue weighted by molar-refractivity contribution is 7.92. The third-order valence-electron chi connectivity index (χ3n) is 4.12. The highest BCUT2D eigenvalue weighted by atomic mass is 32.2. The summed E-state index contributed by atoms with van der Waals surface area (Å²) in [6, 6.07) is 12.9. The maximum Gasteiger partial charge on any atom is 0.344 e. The molecule has 2 aromatic rings. The van der Waals surface area contributed by atoms with Crippen LogP contribution in [0.1, 0.15) is 26.3 Å². The van der Waals surface area contributed by atoms with E-state index in [1.807, 2.05) is 27.7 Å². The summed E-state index contributed by atoms with van der Waals surface area (Å²) in [5, 5.41) is 2.68. The fourth-order valence-electron chi connectivity index (χ4n) is 2.54. The van der Waals surface area contributed by atoms with Crippen LogP contribution < -0.4 is 14.4 Å². The Morgan fingerprint density at radius 3 is 2.10 bits per heavy atom. The Labute approximate surface area is 183 Å². The van der Waals surface area contributed by atoms with Gasteiger partial charge in [-0.2, -0.15) is 0 Å². The maximum absolute atomic E-state index is 12.8. The zero-order valence-corrected chi connectivity index (χ0v) is 19.2. The Bertz CT molecular complexity index is 1010. The standard InChI is InChI=1S/C22H28N2O6S/c1-16-6-12-19(13-7-16)31(27,28)24(5)17-8-10-18(11-9-17)29-15-21(26)30-14-20(25)23-22(2,3)4/h6-13H,14-15H2,1-5H3,(H,23,25). The summed E-state index contributed by atoms with van der Waals surface area (Å²) in [6.07, 6.45) is 0. The molecule has 0 spiro atoms. The Morgan fingerprint density at radius 1 is 0.968 bits per heavy atom. The van der Waals surface area contributed by atoms with Crippen LogP contribution in [-0.4, -0.2) is 46.1 Å². The van der Waals surface area contributed by atoms with Crippen molar-refractivity contribution in [1.29, 1.82) is 0 Å². The molecular weight excluding hydrogens is 420 g/mol. The van der Waals surface area contributed by atoms with Crippen LogP contribution in [-0.2, 0) is 24.3 Å². The van der Waals surface area contributed by atoms with E-state index in [0.29, 0.717) is 11.4 Å². The number of amides is 1. The number of hydrogen-bond acceptors (Lipinski definition) is 6. The van der Waals surface area contributed by atoms with Gasteiger partial charge in [-0.1, -0.05) is 17.7 Å². The van der Waals surface area contributed by atoms with E-state index < -0.39 is 27.4 Å². The average Bonchev–Trinajstić information content (AvgIpc) is 2.69. The molecule has 0 heterocycles. The number of benzene rings is 2. The van der Waals surface area contributed by atoms with Crippen LogP contribution in [0.4, 0.5) is 5.69 Å². The molecule has 2 rings (SSSR count). The first-order chi connectivity index (χ1) is 14.4. The van der Waals surface area contributed by atoms with Crippen molar-refractivity contribution in [2.24, 2.45) is 0 Å². The molecule has 1 amide bonds. The molecular formula is C22H28N2O6S. The first-order valence-electron chi connectivity index (χ1n) is 9.63. The number of sulfonamides is 1. The third kappa shape index (κ3) is 7.29. The number of hydrogen-bond donors (Lipinski definition) is 1. The molecule has 0 atom stereocenters. The summed E-state index contributed by atoms with van der Waals surface area (Å²) in [7, 11) is -2.23. The monoisotopic (exact) mass is 448 g/mol. The summed E-state index contributed by atoms with van der Waals surface area (Å²) in [5.41, 5.74) is 0.993. The van der Waals surface area contributed by atoms with E-state index in [9.17, 15) is 18.0 Å². The fraction of sp³-hybridized carbons (Fsp3) is 0.364. The minimum absolute atomic E-state index is 0.194. The molecule has 0 saturated carbocycles. The molecule has 9 heteroatoms. The number of nitrogens with one attached hydrogen (secondary N) is 1. The lowest BCUT2D eigenvalue weighted by molar-refractivity contribution is -0.150. The zero-order valence-electron chi connectivity index (χ0n) is 18.3. The van der Waals surface area contributed by atoms with Gasteiger partial charge in [-0.3, -0.25) is 9.10 Å². The van der Waals surface area contributed by atoms with E-state index in [0.717, 1.165) is 5.56 Å². The lowest BCUT2D eigenvalue weighted by Crippen LogP contribution is -2.43. The molecule has 2 aromatic carbocycles. The fourth-order valence-corrected chi connectivity index (χ4v) is 3.74. The van der Waals surface area contributed by atoms with Crippen molar-refractivity contribution in [3.05, 3.63) is 54.1 Å². The summed E-state index contributed by atoms with van der Waals surface area (Å²) in [6.45, 7) is 6.59. The SMILES string of the molecule is Cc1ccc(S(=O)(=O)N(C)c2ccc(OCC(=O)OCC(=O)NC(C)(C)C)cc2)cc1. The Hall–Kier alpha value is -3.07. The third-order valence-corrected chi connectivity index (χ3v) is 5.91. The largest absolute Gasteiger partial charge is 0.482 e. The van der Waals surface area contributed by atoms with Gasteiger partial charge in [-0.25, -0.2) is 13.2 Å². The van der Waals surface area contributed by atoms with E-state index in [4.69, 9.17) is 9.47 Å². The van der Waals surface area contributed by atoms with Crippen molar-refractivity contribution in [3.8, 4) is 5.75 Å². The van der Waals surface area contributed by atoms with Gasteiger partial charge in [0.2, 0.25) is 0 Å². The van der Waals surface area contributed by atoms with Crippen LogP contribution in [0.5, 0.6) is 5.75 Å². The number of esters is 1. The van der Waals surface area contributed by atoms with Crippen molar-refractivity contribution < 1.29 is 27.5 Å². The summed E-state index contributed by atoms with van der Waals surface area (Å²) in [5.74, 6) is -0.726. The van der Waals surface area contributed by atoms with Gasteiger partial charge in [0.15, 0.2) is 13.2 Å². The zero-order chi connectivity index (χ0) is 23.2. The van der Waals surface area contributed by atoms with Crippen molar-refractivity contribution >= 4 is 27.6 Å². The molecule has 0 bridgehead atoms. The van der Waals surface area contributed by atoms with Crippen LogP contribution >= 0.6 is 0 Å². The van der Waals surface area contributed by atoms with E-state index >= 15 is 0 Å². The number of nitrogens with zero attached hydrogens (tertiary/aromatic N) is 1. The van der Waals surface area contributed by atoms with Gasteiger partial charge in [0.1, 0.15) is 5.75 Å². The molecule has 0 unspecified atom stereocenters. The van der Waals surface area contributed by atoms with Gasteiger partial charge in [0, 0.05) is 12.6 Å². The quantitative estimate of drug-likeness (QED) is 0.623. The molecule has 0 saturated heterocycles. The summed E-state index contributed by atoms with van der Waals surface area (Å²) >= 11 is 0. The van der Waals surface area contributed by atoms with Crippen LogP contribution in [0.25, 0.3) is 0 Å². The van der Waals surface area contributed by atoms with Gasteiger partial charge >= 0.3 is 5.97 Å². The molecule has 0 aliphatic rings. The number of aryl methyl sites for hydroxylation is 1. The second-order valence-electron chi connectivity index (χ2n) is 8.03. The van der Waals surface area contributed by atoms with E-state index in [1.54, 1.807) is 48.5 Å². The molecule has 1 N–H and O–H groups in total. The smallest absolute Gasteiger partial charge is 0.344 e. The minimum atomic E-state index is -3.70. The normalized spacial score (nSPS) is 11.5. The Balaban J connectivity index is 1.91. The molecule has 0 aromatic heterocycles. The van der Waals surface area contributed by atoms with E-state index in [1.165, 1.54) is 11.4 Å². The second-order valence-corrected chi connectivity index (χ2v) is 10.00. The van der Waals surface area contributed by atoms with Crippen molar-refractivity contribution in [3.63, 3.8) is 0 Å². The molecule has 0 aliphatic carbocycles. The molecule has 31 heavy (non-hydrogen) atoms. The Morgan fingerprint density at radius 2 is 1.55 bits per heavy atom. The van der Waals surface area contributed by atoms with Crippen molar-refractivity contribution in [2.45, 2.75) is 38.1 Å². The average molecular weight is 449 g/mol. The maximum atomic E-state index is 12.8. The van der Waals surface area contributed by atoms with Crippen LogP contribution in [0.3, 0.4) is 0 Å². The van der Waals surface area contributed by atoms with Gasteiger partial charge in [-0.05, 0) is 64.1 Å². The first-order valence-corrected chi connectivity index (χ1v) is 11.1. The van der Waals surface area contributed by atoms with Gasteiger partial charge in [0.25, 0.3) is 15.9 Å². The first kappa shape index (κ1) is 24.2. The number of carbonyl (C=O) groups excluding carboxylic acids is 2. The summed E-state index contributed by atoms with van der Waals surface area (Å²) in [4.78, 5) is 23.6. The van der Waals surface area contributed by atoms with Crippen LogP contribution in [0, 0.1) is 6.92 Å². The molecule has 168 valence electrons. The molecule has 0 fully saturated rings. The number of carbonyl (C=O) groups is 2. The van der Waals surface area contributed by atoms with E-state index in [-0.39, 0.29) is 18.1 Å². The number of rotatable bonds is 8. The van der Waals surface area contributed by atoms with E-state index in [2.05, 4.69) is 5.32 Å². The predicted octanol–water partition coefficient (Wildman–Crippen LogP) is 2.66. The highest BCUT2D eigenvalue weighted by Crippen LogP contribution is 2.24. The minimum Gasteiger partial charge on any atom is -0.482 e. The molecule has 8 nitrogen and oxygen atoms in total.